The zero-order valence-corrected chi connectivity index (χ0v) is 44.3. The Labute approximate surface area is 468 Å². The van der Waals surface area contributed by atoms with Gasteiger partial charge < -0.3 is 9.80 Å². The standard InChI is InChI=1S/C78H56N2/c1-4-18-55(19-5-1)58-38-44-69(45-39-58)79(72-52-66(56-20-6-2-7-21-56)51-67(53-72)57-22-8-3-9-23-57)70-46-40-59(41-47-70)60-42-48-71(49-43-60)80(77-33-17-28-63-25-11-14-30-75(63)77)78-54-68(50-65-26-12-15-31-76(65)78)61-34-36-64(37-35-61)74-32-16-27-62-24-10-13-29-73(62)74/h1-52,54,67H,53H2. The minimum atomic E-state index is 0.206. The third-order valence-corrected chi connectivity index (χ3v) is 16.0. The summed E-state index contributed by atoms with van der Waals surface area (Å²) < 4.78 is 0. The van der Waals surface area contributed by atoms with Crippen LogP contribution in [-0.2, 0) is 0 Å². The highest BCUT2D eigenvalue weighted by molar-refractivity contribution is 6.07. The topological polar surface area (TPSA) is 6.48 Å². The number of anilines is 5. The maximum atomic E-state index is 2.47. The van der Waals surface area contributed by atoms with E-state index < -0.39 is 0 Å². The molecule has 1 aliphatic rings. The Kier molecular flexibility index (Phi) is 12.8. The molecule has 0 saturated carbocycles. The predicted octanol–water partition coefficient (Wildman–Crippen LogP) is 21.6. The number of hydrogen-bond acceptors (Lipinski definition) is 2. The fourth-order valence-corrected chi connectivity index (χ4v) is 12.0. The molecule has 0 saturated heterocycles. The molecule has 13 aromatic carbocycles. The summed E-state index contributed by atoms with van der Waals surface area (Å²) in [6.45, 7) is 0. The number of benzene rings is 13. The number of fused-ring (bicyclic) bond motifs is 3. The summed E-state index contributed by atoms with van der Waals surface area (Å²) in [5.41, 5.74) is 20.1. The van der Waals surface area contributed by atoms with Crippen LogP contribution in [0.25, 0.3) is 82.4 Å². The van der Waals surface area contributed by atoms with Gasteiger partial charge in [-0.05, 0) is 150 Å². The summed E-state index contributed by atoms with van der Waals surface area (Å²) in [5.74, 6) is 0.206. The molecule has 0 amide bonds. The van der Waals surface area contributed by atoms with Crippen LogP contribution in [0, 0.1) is 0 Å². The molecule has 1 unspecified atom stereocenters. The quantitative estimate of drug-likeness (QED) is 0.120. The smallest absolute Gasteiger partial charge is 0.0546 e. The molecule has 80 heavy (non-hydrogen) atoms. The Bertz CT molecular complexity index is 4380. The Morgan fingerprint density at radius 1 is 0.275 bits per heavy atom. The molecule has 0 heterocycles. The zero-order valence-electron chi connectivity index (χ0n) is 44.3. The van der Waals surface area contributed by atoms with Gasteiger partial charge in [-0.15, -0.1) is 0 Å². The van der Waals surface area contributed by atoms with Crippen LogP contribution < -0.4 is 9.80 Å². The summed E-state index contributed by atoms with van der Waals surface area (Å²) >= 11 is 0. The number of allylic oxidation sites excluding steroid dienone is 4. The van der Waals surface area contributed by atoms with Crippen molar-refractivity contribution in [3.05, 3.63) is 338 Å². The van der Waals surface area contributed by atoms with Gasteiger partial charge in [-0.1, -0.05) is 261 Å². The molecule has 0 spiro atoms. The SMILES string of the molecule is C1=C(c2ccccc2)C=C(N(c2ccc(-c3ccccc3)cc2)c2ccc(-c3ccc(N(c4cccc5ccccc45)c4cc(-c5ccc(-c6cccc7ccccc67)cc5)cc5ccccc45)cc3)cc2)CC1c1ccccc1. The minimum Gasteiger partial charge on any atom is -0.314 e. The molecule has 0 aromatic heterocycles. The molecule has 0 bridgehead atoms. The van der Waals surface area contributed by atoms with Gasteiger partial charge in [0.25, 0.3) is 0 Å². The van der Waals surface area contributed by atoms with Gasteiger partial charge in [0.1, 0.15) is 0 Å². The Morgan fingerprint density at radius 2 is 0.700 bits per heavy atom. The van der Waals surface area contributed by atoms with Crippen LogP contribution in [0.15, 0.2) is 327 Å². The van der Waals surface area contributed by atoms with Crippen LogP contribution in [0.3, 0.4) is 0 Å². The Morgan fingerprint density at radius 3 is 1.31 bits per heavy atom. The van der Waals surface area contributed by atoms with Crippen LogP contribution in [0.2, 0.25) is 0 Å². The molecule has 1 atom stereocenters. The average Bonchev–Trinajstić information content (AvgIpc) is 3.65. The molecular weight excluding hydrogens is 965 g/mol. The second kappa shape index (κ2) is 21.3. The van der Waals surface area contributed by atoms with Gasteiger partial charge in [-0.2, -0.15) is 0 Å². The van der Waals surface area contributed by atoms with E-state index in [2.05, 4.69) is 331 Å². The third-order valence-electron chi connectivity index (χ3n) is 16.0. The van der Waals surface area contributed by atoms with Gasteiger partial charge in [-0.25, -0.2) is 0 Å². The van der Waals surface area contributed by atoms with Gasteiger partial charge in [0.2, 0.25) is 0 Å². The number of rotatable bonds is 12. The van der Waals surface area contributed by atoms with E-state index in [4.69, 9.17) is 0 Å². The molecule has 13 aromatic rings. The third kappa shape index (κ3) is 9.44. The van der Waals surface area contributed by atoms with Crippen LogP contribution in [0.1, 0.15) is 23.5 Å². The van der Waals surface area contributed by atoms with E-state index in [1.807, 2.05) is 0 Å². The number of nitrogens with zero attached hydrogens (tertiary/aromatic N) is 2. The Balaban J connectivity index is 0.841. The zero-order chi connectivity index (χ0) is 53.2. The fraction of sp³-hybridized carbons (Fsp3) is 0.0256. The highest BCUT2D eigenvalue weighted by Crippen LogP contribution is 2.46. The van der Waals surface area contributed by atoms with Crippen LogP contribution >= 0.6 is 0 Å². The fourth-order valence-electron chi connectivity index (χ4n) is 12.0. The van der Waals surface area contributed by atoms with Crippen LogP contribution in [0.4, 0.5) is 28.4 Å². The van der Waals surface area contributed by atoms with Gasteiger partial charge in [0, 0.05) is 39.4 Å². The lowest BCUT2D eigenvalue weighted by atomic mass is 9.85. The van der Waals surface area contributed by atoms with E-state index in [-0.39, 0.29) is 5.92 Å². The van der Waals surface area contributed by atoms with E-state index in [1.165, 1.54) is 82.5 Å². The van der Waals surface area contributed by atoms with E-state index in [0.29, 0.717) is 0 Å². The first-order valence-corrected chi connectivity index (χ1v) is 27.7. The molecule has 0 radical (unpaired) electrons. The van der Waals surface area contributed by atoms with Gasteiger partial charge in [0.05, 0.1) is 11.4 Å². The summed E-state index contributed by atoms with van der Waals surface area (Å²) in [6.07, 6.45) is 5.70. The van der Waals surface area contributed by atoms with Gasteiger partial charge in [-0.3, -0.25) is 0 Å². The summed E-state index contributed by atoms with van der Waals surface area (Å²) in [4.78, 5) is 4.93. The lowest BCUT2D eigenvalue weighted by molar-refractivity contribution is 0.797. The van der Waals surface area contributed by atoms with Crippen molar-refractivity contribution >= 4 is 66.3 Å². The van der Waals surface area contributed by atoms with Crippen molar-refractivity contribution in [2.45, 2.75) is 12.3 Å². The molecule has 2 nitrogen and oxygen atoms in total. The summed E-state index contributed by atoms with van der Waals surface area (Å²) in [5, 5.41) is 7.27. The van der Waals surface area contributed by atoms with E-state index in [0.717, 1.165) is 51.5 Å². The maximum absolute atomic E-state index is 2.47. The molecule has 0 fully saturated rings. The molecular formula is C78H56N2. The van der Waals surface area contributed by atoms with Crippen molar-refractivity contribution in [1.29, 1.82) is 0 Å². The molecule has 14 rings (SSSR count). The predicted molar refractivity (Wildman–Crippen MR) is 340 cm³/mol. The first-order valence-electron chi connectivity index (χ1n) is 27.7. The monoisotopic (exact) mass is 1020 g/mol. The summed E-state index contributed by atoms with van der Waals surface area (Å²) in [7, 11) is 0. The van der Waals surface area contributed by atoms with E-state index >= 15 is 0 Å². The first-order chi connectivity index (χ1) is 39.6. The largest absolute Gasteiger partial charge is 0.314 e. The molecule has 0 N–H and O–H groups in total. The van der Waals surface area contributed by atoms with Crippen molar-refractivity contribution < 1.29 is 0 Å². The van der Waals surface area contributed by atoms with Gasteiger partial charge in [0.15, 0.2) is 0 Å². The molecule has 0 aliphatic heterocycles. The van der Waals surface area contributed by atoms with Crippen LogP contribution in [-0.4, -0.2) is 0 Å². The normalized spacial score (nSPS) is 13.2. The lowest BCUT2D eigenvalue weighted by Crippen LogP contribution is -2.20. The van der Waals surface area contributed by atoms with E-state index in [1.54, 1.807) is 0 Å². The molecule has 378 valence electrons. The lowest BCUT2D eigenvalue weighted by Gasteiger charge is -2.33. The van der Waals surface area contributed by atoms with E-state index in [9.17, 15) is 0 Å². The Hall–Kier alpha value is -10.3. The second-order valence-electron chi connectivity index (χ2n) is 20.8. The molecule has 1 aliphatic carbocycles. The minimum absolute atomic E-state index is 0.206. The van der Waals surface area contributed by atoms with Crippen molar-refractivity contribution in [3.63, 3.8) is 0 Å². The second-order valence-corrected chi connectivity index (χ2v) is 20.8. The highest BCUT2D eigenvalue weighted by atomic mass is 15.2. The van der Waals surface area contributed by atoms with Crippen molar-refractivity contribution in [1.82, 2.24) is 0 Å². The maximum Gasteiger partial charge on any atom is 0.0546 e. The highest BCUT2D eigenvalue weighted by Gasteiger charge is 2.25. The average molecular weight is 1020 g/mol. The molecule has 2 heteroatoms. The van der Waals surface area contributed by atoms with Crippen molar-refractivity contribution in [2.24, 2.45) is 0 Å². The number of hydrogen-bond donors (Lipinski definition) is 0. The van der Waals surface area contributed by atoms with Crippen molar-refractivity contribution in [3.8, 4) is 44.5 Å². The van der Waals surface area contributed by atoms with Gasteiger partial charge >= 0.3 is 0 Å². The van der Waals surface area contributed by atoms with Crippen molar-refractivity contribution in [2.75, 3.05) is 9.80 Å². The van der Waals surface area contributed by atoms with Crippen LogP contribution in [0.5, 0.6) is 0 Å². The summed E-state index contributed by atoms with van der Waals surface area (Å²) in [6, 6.07) is 113. The first kappa shape index (κ1) is 48.1.